The van der Waals surface area contributed by atoms with E-state index in [1.807, 2.05) is 13.8 Å². The maximum absolute atomic E-state index is 12.7. The molecule has 0 aliphatic heterocycles. The molecule has 2 N–H and O–H groups in total. The zero-order chi connectivity index (χ0) is 17.6. The van der Waals surface area contributed by atoms with Crippen molar-refractivity contribution in [2.45, 2.75) is 41.0 Å². The van der Waals surface area contributed by atoms with Gasteiger partial charge in [0.2, 0.25) is 0 Å². The van der Waals surface area contributed by atoms with Gasteiger partial charge in [0.05, 0.1) is 5.69 Å². The van der Waals surface area contributed by atoms with Gasteiger partial charge in [-0.25, -0.2) is 0 Å². The average Bonchev–Trinajstić information content (AvgIpc) is 2.80. The van der Waals surface area contributed by atoms with Crippen molar-refractivity contribution in [3.05, 3.63) is 56.1 Å². The van der Waals surface area contributed by atoms with Crippen LogP contribution < -0.4 is 5.56 Å². The van der Waals surface area contributed by atoms with Gasteiger partial charge in [-0.1, -0.05) is 17.7 Å². The van der Waals surface area contributed by atoms with Crippen LogP contribution in [0.2, 0.25) is 0 Å². The number of rotatable bonds is 3. The number of hydrogen-bond acceptors (Lipinski definition) is 3. The normalized spacial score (nSPS) is 11.4. The van der Waals surface area contributed by atoms with Gasteiger partial charge in [0.1, 0.15) is 5.65 Å². The van der Waals surface area contributed by atoms with Crippen molar-refractivity contribution in [3.63, 3.8) is 0 Å². The molecule has 0 aliphatic rings. The highest BCUT2D eigenvalue weighted by Crippen LogP contribution is 2.33. The Kier molecular flexibility index (Phi) is 4.05. The van der Waals surface area contributed by atoms with Gasteiger partial charge in [0.15, 0.2) is 0 Å². The molecule has 0 spiro atoms. The predicted molar refractivity (Wildman–Crippen MR) is 95.7 cm³/mol. The van der Waals surface area contributed by atoms with E-state index in [1.54, 1.807) is 0 Å². The summed E-state index contributed by atoms with van der Waals surface area (Å²) in [7, 11) is 0. The van der Waals surface area contributed by atoms with Crippen molar-refractivity contribution >= 4 is 5.65 Å². The summed E-state index contributed by atoms with van der Waals surface area (Å²) < 4.78 is 1.43. The van der Waals surface area contributed by atoms with E-state index in [1.165, 1.54) is 21.2 Å². The second-order valence-corrected chi connectivity index (χ2v) is 6.50. The first kappa shape index (κ1) is 16.5. The van der Waals surface area contributed by atoms with E-state index in [0.717, 1.165) is 22.5 Å². The molecule has 0 fully saturated rings. The fourth-order valence-corrected chi connectivity index (χ4v) is 3.61. The topological polar surface area (TPSA) is 70.4 Å². The molecular formula is C19H23N3O2. The highest BCUT2D eigenvalue weighted by atomic mass is 16.3. The number of fused-ring (bicyclic) bond motifs is 1. The third-order valence-corrected chi connectivity index (χ3v) is 4.56. The van der Waals surface area contributed by atoms with Crippen LogP contribution in [0.3, 0.4) is 0 Å². The molecule has 0 unspecified atom stereocenters. The first-order chi connectivity index (χ1) is 11.3. The van der Waals surface area contributed by atoms with Crippen LogP contribution in [0.25, 0.3) is 16.8 Å². The number of aliphatic hydroxyl groups excluding tert-OH is 1. The number of aromatic nitrogens is 3. The zero-order valence-corrected chi connectivity index (χ0v) is 14.8. The number of hydrogen-bond donors (Lipinski definition) is 2. The van der Waals surface area contributed by atoms with Crippen molar-refractivity contribution in [1.82, 2.24) is 14.6 Å². The van der Waals surface area contributed by atoms with Gasteiger partial charge in [0.25, 0.3) is 5.56 Å². The van der Waals surface area contributed by atoms with Crippen molar-refractivity contribution < 1.29 is 5.11 Å². The van der Waals surface area contributed by atoms with Crippen molar-refractivity contribution in [1.29, 1.82) is 0 Å². The summed E-state index contributed by atoms with van der Waals surface area (Å²) in [5, 5.41) is 13.7. The van der Waals surface area contributed by atoms with Crippen LogP contribution in [0, 0.1) is 34.6 Å². The predicted octanol–water partition coefficient (Wildman–Crippen LogP) is 2.77. The first-order valence-electron chi connectivity index (χ1n) is 8.15. The Balaban J connectivity index is 2.40. The Bertz CT molecular complexity index is 973. The molecule has 0 atom stereocenters. The third-order valence-electron chi connectivity index (χ3n) is 4.56. The molecule has 5 nitrogen and oxygen atoms in total. The molecule has 0 bridgehead atoms. The molecule has 0 amide bonds. The van der Waals surface area contributed by atoms with Crippen LogP contribution in [0.15, 0.2) is 16.9 Å². The molecular weight excluding hydrogens is 302 g/mol. The minimum atomic E-state index is -0.160. The second-order valence-electron chi connectivity index (χ2n) is 6.50. The lowest BCUT2D eigenvalue weighted by Crippen LogP contribution is -2.22. The van der Waals surface area contributed by atoms with Crippen LogP contribution in [-0.4, -0.2) is 26.3 Å². The molecule has 3 rings (SSSR count). The molecule has 0 saturated carbocycles. The fourth-order valence-electron chi connectivity index (χ4n) is 3.61. The van der Waals surface area contributed by atoms with Crippen LogP contribution in [0.4, 0.5) is 0 Å². The monoisotopic (exact) mass is 325 g/mol. The van der Waals surface area contributed by atoms with E-state index >= 15 is 0 Å². The smallest absolute Gasteiger partial charge is 0.277 e. The van der Waals surface area contributed by atoms with Gasteiger partial charge in [-0.3, -0.25) is 4.79 Å². The summed E-state index contributed by atoms with van der Waals surface area (Å²) in [6, 6.07) is 4.30. The molecule has 2 heterocycles. The van der Waals surface area contributed by atoms with Crippen molar-refractivity contribution in [3.8, 4) is 11.1 Å². The SMILES string of the molecule is Cc1cc(C)c(-c2c(C)nn3c(=O)c(CCO)c(C)[nH]c23)c(C)c1. The lowest BCUT2D eigenvalue weighted by molar-refractivity contribution is 0.298. The second kappa shape index (κ2) is 5.91. The van der Waals surface area contributed by atoms with E-state index in [2.05, 4.69) is 43.0 Å². The lowest BCUT2D eigenvalue weighted by atomic mass is 9.94. The number of nitrogens with zero attached hydrogens (tertiary/aromatic N) is 2. The lowest BCUT2D eigenvalue weighted by Gasteiger charge is -2.12. The van der Waals surface area contributed by atoms with Crippen LogP contribution in [0.1, 0.15) is 33.6 Å². The Morgan fingerprint density at radius 1 is 1.08 bits per heavy atom. The molecule has 1 aromatic carbocycles. The molecule has 5 heteroatoms. The number of benzene rings is 1. The summed E-state index contributed by atoms with van der Waals surface area (Å²) in [5.41, 5.74) is 8.39. The van der Waals surface area contributed by atoms with Gasteiger partial charge >= 0.3 is 0 Å². The van der Waals surface area contributed by atoms with Gasteiger partial charge < -0.3 is 10.1 Å². The maximum atomic E-state index is 12.7. The number of H-pyrrole nitrogens is 1. The molecule has 3 aromatic rings. The summed E-state index contributed by atoms with van der Waals surface area (Å²) in [5.74, 6) is 0. The zero-order valence-electron chi connectivity index (χ0n) is 14.8. The van der Waals surface area contributed by atoms with Crippen LogP contribution >= 0.6 is 0 Å². The standard InChI is InChI=1S/C19H23N3O2/c1-10-8-11(2)16(12(3)9-10)17-14(5)21-22-18(17)20-13(4)15(6-7-23)19(22)24/h8-9,20,23H,6-7H2,1-5H3. The van der Waals surface area contributed by atoms with Crippen LogP contribution in [-0.2, 0) is 6.42 Å². The highest BCUT2D eigenvalue weighted by molar-refractivity contribution is 5.84. The van der Waals surface area contributed by atoms with E-state index in [4.69, 9.17) is 0 Å². The van der Waals surface area contributed by atoms with E-state index < -0.39 is 0 Å². The summed E-state index contributed by atoms with van der Waals surface area (Å²) in [6.45, 7) is 9.99. The molecule has 126 valence electrons. The largest absolute Gasteiger partial charge is 0.396 e. The van der Waals surface area contributed by atoms with Crippen LogP contribution in [0.5, 0.6) is 0 Å². The minimum Gasteiger partial charge on any atom is -0.396 e. The maximum Gasteiger partial charge on any atom is 0.277 e. The van der Waals surface area contributed by atoms with E-state index in [9.17, 15) is 9.90 Å². The molecule has 0 saturated heterocycles. The number of aryl methyl sites for hydroxylation is 5. The molecule has 0 radical (unpaired) electrons. The molecule has 2 aromatic heterocycles. The summed E-state index contributed by atoms with van der Waals surface area (Å²) in [6.07, 6.45) is 0.327. The number of aliphatic hydroxyl groups is 1. The van der Waals surface area contributed by atoms with Crippen molar-refractivity contribution in [2.75, 3.05) is 6.61 Å². The van der Waals surface area contributed by atoms with Gasteiger partial charge in [0, 0.05) is 29.8 Å². The van der Waals surface area contributed by atoms with Gasteiger partial charge in [-0.2, -0.15) is 9.61 Å². The Labute approximate surface area is 141 Å². The van der Waals surface area contributed by atoms with Crippen molar-refractivity contribution in [2.24, 2.45) is 0 Å². The minimum absolute atomic E-state index is 0.0568. The Morgan fingerprint density at radius 2 is 1.71 bits per heavy atom. The van der Waals surface area contributed by atoms with Gasteiger partial charge in [-0.15, -0.1) is 0 Å². The Morgan fingerprint density at radius 3 is 2.29 bits per heavy atom. The van der Waals surface area contributed by atoms with E-state index in [-0.39, 0.29) is 12.2 Å². The first-order valence-corrected chi connectivity index (χ1v) is 8.15. The number of aromatic amines is 1. The van der Waals surface area contributed by atoms with E-state index in [0.29, 0.717) is 17.6 Å². The fraction of sp³-hybridized carbons (Fsp3) is 0.368. The molecule has 24 heavy (non-hydrogen) atoms. The molecule has 0 aliphatic carbocycles. The van der Waals surface area contributed by atoms with Gasteiger partial charge in [-0.05, 0) is 51.3 Å². The number of nitrogens with one attached hydrogen (secondary N) is 1. The Hall–Kier alpha value is -2.40. The highest BCUT2D eigenvalue weighted by Gasteiger charge is 2.20. The summed E-state index contributed by atoms with van der Waals surface area (Å²) in [4.78, 5) is 16.1. The third kappa shape index (κ3) is 2.45. The average molecular weight is 325 g/mol. The summed E-state index contributed by atoms with van der Waals surface area (Å²) >= 11 is 0. The quantitative estimate of drug-likeness (QED) is 0.778.